The van der Waals surface area contributed by atoms with Crippen molar-refractivity contribution in [2.24, 2.45) is 0 Å². The quantitative estimate of drug-likeness (QED) is 0.131. The Labute approximate surface area is 262 Å². The van der Waals surface area contributed by atoms with Gasteiger partial charge in [-0.25, -0.2) is 67.2 Å². The van der Waals surface area contributed by atoms with E-state index in [-0.39, 0.29) is 26.2 Å². The van der Waals surface area contributed by atoms with Gasteiger partial charge in [-0.1, -0.05) is 52.4 Å². The Kier molecular flexibility index (Phi) is 18.9. The minimum atomic E-state index is -2.33. The van der Waals surface area contributed by atoms with Crippen LogP contribution in [0.3, 0.4) is 0 Å². The first-order valence-corrected chi connectivity index (χ1v) is 12.7. The van der Waals surface area contributed by atoms with Crippen LogP contribution < -0.4 is 10.2 Å². The fourth-order valence-corrected chi connectivity index (χ4v) is 3.15. The third-order valence-electron chi connectivity index (χ3n) is 5.47. The molecule has 0 N–H and O–H groups in total. The SMILES string of the molecule is CCCCC1=[C-]CC=C1.CCCCC1=[C-]CC=C1.[O-]c1c(F)c(F)c(F)c(F)c1F.[O-]c1c(F)c(F)c(F)c(F)c1F.[Zr+4]. The molecule has 0 saturated carbocycles. The minimum Gasteiger partial charge on any atom is -0.868 e. The van der Waals surface area contributed by atoms with Gasteiger partial charge >= 0.3 is 26.2 Å². The molecular formula is C30H26F10O2Zr. The maximum absolute atomic E-state index is 12.1. The Balaban J connectivity index is 0.000000548. The molecular weight excluding hydrogens is 674 g/mol. The van der Waals surface area contributed by atoms with Crippen LogP contribution in [0.15, 0.2) is 35.5 Å². The van der Waals surface area contributed by atoms with E-state index in [0.717, 1.165) is 12.8 Å². The van der Waals surface area contributed by atoms with E-state index in [2.05, 4.69) is 50.3 Å². The number of benzene rings is 2. The molecule has 2 aliphatic rings. The topological polar surface area (TPSA) is 46.1 Å². The molecule has 2 aromatic rings. The smallest absolute Gasteiger partial charge is 0.868 e. The zero-order valence-corrected chi connectivity index (χ0v) is 25.5. The summed E-state index contributed by atoms with van der Waals surface area (Å²) in [5.74, 6) is -27.2. The van der Waals surface area contributed by atoms with Crippen LogP contribution in [0.4, 0.5) is 43.9 Å². The van der Waals surface area contributed by atoms with Gasteiger partial charge in [0.05, 0.1) is 0 Å². The van der Waals surface area contributed by atoms with Gasteiger partial charge < -0.3 is 10.2 Å². The van der Waals surface area contributed by atoms with Gasteiger partial charge in [0.1, 0.15) is 0 Å². The summed E-state index contributed by atoms with van der Waals surface area (Å²) in [6, 6.07) is 0. The molecule has 0 saturated heterocycles. The van der Waals surface area contributed by atoms with Crippen LogP contribution in [0.2, 0.25) is 0 Å². The largest absolute Gasteiger partial charge is 4.00 e. The second-order valence-electron chi connectivity index (χ2n) is 8.62. The number of hydrogen-bond acceptors (Lipinski definition) is 2. The molecule has 0 amide bonds. The summed E-state index contributed by atoms with van der Waals surface area (Å²) < 4.78 is 121. The summed E-state index contributed by atoms with van der Waals surface area (Å²) >= 11 is 0. The molecule has 232 valence electrons. The monoisotopic (exact) mass is 698 g/mol. The Hall–Kier alpha value is -2.82. The molecule has 0 aliphatic heterocycles. The van der Waals surface area contributed by atoms with Crippen LogP contribution in [-0.2, 0) is 26.2 Å². The standard InChI is InChI=1S/2C9H13.2C6HF5O.Zr/c2*1-2-3-6-9-7-4-5-8-9;2*7-1-2(8)4(10)6(12)5(11)3(1)9;/h2*4,7H,2-3,5-6H2,1H3;2*12H;/q2*-1;;;+4/p-2. The van der Waals surface area contributed by atoms with Gasteiger partial charge in [0, 0.05) is 0 Å². The Morgan fingerprint density at radius 1 is 0.512 bits per heavy atom. The van der Waals surface area contributed by atoms with Crippen molar-refractivity contribution in [2.45, 2.75) is 65.2 Å². The predicted octanol–water partition coefficient (Wildman–Crippen LogP) is 8.64. The molecule has 0 spiro atoms. The van der Waals surface area contributed by atoms with Crippen LogP contribution in [0.5, 0.6) is 11.5 Å². The van der Waals surface area contributed by atoms with Crippen LogP contribution in [0, 0.1) is 70.3 Å². The van der Waals surface area contributed by atoms with Crippen molar-refractivity contribution in [1.29, 1.82) is 0 Å². The second kappa shape index (κ2) is 20.2. The van der Waals surface area contributed by atoms with Crippen molar-refractivity contribution in [3.63, 3.8) is 0 Å². The van der Waals surface area contributed by atoms with Crippen LogP contribution in [0.1, 0.15) is 65.2 Å². The van der Waals surface area contributed by atoms with Crippen molar-refractivity contribution in [3.8, 4) is 11.5 Å². The second-order valence-corrected chi connectivity index (χ2v) is 8.62. The van der Waals surface area contributed by atoms with Crippen molar-refractivity contribution >= 4 is 0 Å². The first-order valence-electron chi connectivity index (χ1n) is 12.7. The average Bonchev–Trinajstić information content (AvgIpc) is 3.73. The minimum absolute atomic E-state index is 0. The van der Waals surface area contributed by atoms with E-state index in [1.54, 1.807) is 0 Å². The average molecular weight is 700 g/mol. The molecule has 2 nitrogen and oxygen atoms in total. The van der Waals surface area contributed by atoms with Crippen LogP contribution in [0.25, 0.3) is 0 Å². The molecule has 0 bridgehead atoms. The summed E-state index contributed by atoms with van der Waals surface area (Å²) in [6.07, 6.45) is 25.1. The van der Waals surface area contributed by atoms with Crippen LogP contribution in [-0.4, -0.2) is 0 Å². The van der Waals surface area contributed by atoms with Gasteiger partial charge in [-0.05, 0) is 11.5 Å². The van der Waals surface area contributed by atoms with Gasteiger partial charge in [0.25, 0.3) is 0 Å². The van der Waals surface area contributed by atoms with Gasteiger partial charge in [0.15, 0.2) is 58.2 Å². The van der Waals surface area contributed by atoms with Crippen LogP contribution >= 0.6 is 0 Å². The Morgan fingerprint density at radius 3 is 0.977 bits per heavy atom. The number of halogens is 10. The summed E-state index contributed by atoms with van der Waals surface area (Å²) in [5, 5.41) is 20.3. The molecule has 2 aliphatic carbocycles. The third-order valence-corrected chi connectivity index (χ3v) is 5.47. The van der Waals surface area contributed by atoms with E-state index in [1.165, 1.54) is 49.7 Å². The summed E-state index contributed by atoms with van der Waals surface area (Å²) in [7, 11) is 0. The molecule has 4 rings (SSSR count). The molecule has 13 heteroatoms. The van der Waals surface area contributed by atoms with Gasteiger partial charge in [-0.3, -0.25) is 12.2 Å². The molecule has 0 radical (unpaired) electrons. The Morgan fingerprint density at radius 2 is 0.767 bits per heavy atom. The van der Waals surface area contributed by atoms with Crippen molar-refractivity contribution in [1.82, 2.24) is 0 Å². The summed E-state index contributed by atoms with van der Waals surface area (Å²) in [4.78, 5) is 0. The summed E-state index contributed by atoms with van der Waals surface area (Å²) in [6.45, 7) is 4.44. The van der Waals surface area contributed by atoms with Gasteiger partial charge in [0.2, 0.25) is 0 Å². The maximum atomic E-state index is 12.1. The number of unbranched alkanes of at least 4 members (excludes halogenated alkanes) is 2. The van der Waals surface area contributed by atoms with Crippen molar-refractivity contribution in [3.05, 3.63) is 106 Å². The van der Waals surface area contributed by atoms with Gasteiger partial charge in [-0.2, -0.15) is 12.2 Å². The van der Waals surface area contributed by atoms with E-state index < -0.39 is 69.7 Å². The fraction of sp³-hybridized carbons (Fsp3) is 0.333. The first-order chi connectivity index (χ1) is 19.8. The molecule has 0 aromatic heterocycles. The van der Waals surface area contributed by atoms with Crippen molar-refractivity contribution < 1.29 is 80.3 Å². The fourth-order valence-electron chi connectivity index (χ4n) is 3.15. The van der Waals surface area contributed by atoms with Crippen molar-refractivity contribution in [2.75, 3.05) is 0 Å². The maximum Gasteiger partial charge on any atom is 4.00 e. The molecule has 2 aromatic carbocycles. The van der Waals surface area contributed by atoms with E-state index >= 15 is 0 Å². The molecule has 0 unspecified atom stereocenters. The third kappa shape index (κ3) is 12.0. The zero-order chi connectivity index (χ0) is 32.0. The molecule has 0 heterocycles. The number of hydrogen-bond donors (Lipinski definition) is 0. The molecule has 0 fully saturated rings. The van der Waals surface area contributed by atoms with E-state index in [1.807, 2.05) is 0 Å². The predicted molar refractivity (Wildman–Crippen MR) is 131 cm³/mol. The zero-order valence-electron chi connectivity index (χ0n) is 23.1. The Bertz CT molecular complexity index is 1030. The number of rotatable bonds is 6. The summed E-state index contributed by atoms with van der Waals surface area (Å²) in [5.41, 5.74) is 2.83. The first kappa shape index (κ1) is 40.2. The van der Waals surface area contributed by atoms with E-state index in [0.29, 0.717) is 0 Å². The van der Waals surface area contributed by atoms with Gasteiger partial charge in [-0.15, -0.1) is 12.8 Å². The normalized spacial score (nSPS) is 12.7. The number of allylic oxidation sites excluding steroid dienone is 8. The van der Waals surface area contributed by atoms with E-state index in [4.69, 9.17) is 0 Å². The molecule has 43 heavy (non-hydrogen) atoms. The van der Waals surface area contributed by atoms with E-state index in [9.17, 15) is 54.1 Å². The molecule has 0 atom stereocenters.